The highest BCUT2D eigenvalue weighted by Gasteiger charge is 1.93. The average Bonchev–Trinajstić information content (AvgIpc) is 1.83. The van der Waals surface area contributed by atoms with Crippen LogP contribution < -0.4 is 0 Å². The van der Waals surface area contributed by atoms with Gasteiger partial charge in [0.05, 0.1) is 7.11 Å². The molecular formula is C4H6N2O3. The van der Waals surface area contributed by atoms with Crippen molar-refractivity contribution in [3.05, 3.63) is 0 Å². The van der Waals surface area contributed by atoms with E-state index in [-0.39, 0.29) is 0 Å². The first-order valence-electron chi connectivity index (χ1n) is 2.17. The van der Waals surface area contributed by atoms with Crippen LogP contribution in [0.1, 0.15) is 6.92 Å². The lowest BCUT2D eigenvalue weighted by molar-refractivity contribution is -0.116. The molecule has 0 saturated heterocycles. The number of rotatable bonds is 0. The number of amides is 2. The molecule has 5 heteroatoms. The molecule has 0 radical (unpaired) electrons. The minimum Gasteiger partial charge on any atom is -0.450 e. The highest BCUT2D eigenvalue weighted by Crippen LogP contribution is 1.81. The van der Waals surface area contributed by atoms with Gasteiger partial charge in [-0.1, -0.05) is 5.11 Å². The van der Waals surface area contributed by atoms with Gasteiger partial charge in [0.15, 0.2) is 0 Å². The zero-order valence-electron chi connectivity index (χ0n) is 5.12. The van der Waals surface area contributed by atoms with E-state index in [1.807, 2.05) is 0 Å². The number of nitrogens with zero attached hydrogens (tertiary/aromatic N) is 2. The zero-order valence-corrected chi connectivity index (χ0v) is 5.12. The molecule has 0 heterocycles. The van der Waals surface area contributed by atoms with Crippen molar-refractivity contribution in [2.45, 2.75) is 6.92 Å². The quantitative estimate of drug-likeness (QED) is 0.454. The molecule has 0 N–H and O–H groups in total. The SMILES string of the molecule is COC(=O)N=NC(C)=O. The number of azo groups is 1. The molecule has 0 aliphatic heterocycles. The van der Waals surface area contributed by atoms with Gasteiger partial charge < -0.3 is 4.74 Å². The Hall–Kier alpha value is -1.26. The van der Waals surface area contributed by atoms with Crippen molar-refractivity contribution in [3.8, 4) is 0 Å². The Bertz CT molecular complexity index is 152. The molecule has 0 aliphatic rings. The van der Waals surface area contributed by atoms with Crippen LogP contribution in [-0.2, 0) is 9.53 Å². The van der Waals surface area contributed by atoms with Gasteiger partial charge in [-0.05, 0) is 0 Å². The van der Waals surface area contributed by atoms with Gasteiger partial charge in [-0.15, -0.1) is 5.11 Å². The molecule has 2 amide bonds. The van der Waals surface area contributed by atoms with E-state index in [0.29, 0.717) is 0 Å². The summed E-state index contributed by atoms with van der Waals surface area (Å²) >= 11 is 0. The minimum atomic E-state index is -0.870. The molecule has 0 aliphatic carbocycles. The zero-order chi connectivity index (χ0) is 7.28. The Balaban J connectivity index is 3.71. The Labute approximate surface area is 51.7 Å². The number of carbonyl (C=O) groups excluding carboxylic acids is 2. The van der Waals surface area contributed by atoms with E-state index in [1.165, 1.54) is 6.92 Å². The summed E-state index contributed by atoms with van der Waals surface area (Å²) in [6.07, 6.45) is -0.870. The number of hydrogen-bond acceptors (Lipinski definition) is 3. The van der Waals surface area contributed by atoms with Gasteiger partial charge in [-0.2, -0.15) is 0 Å². The molecule has 0 saturated carbocycles. The van der Waals surface area contributed by atoms with Crippen LogP contribution in [0, 0.1) is 0 Å². The molecule has 0 atom stereocenters. The molecular weight excluding hydrogens is 124 g/mol. The largest absolute Gasteiger partial charge is 0.452 e. The van der Waals surface area contributed by atoms with Crippen molar-refractivity contribution in [1.29, 1.82) is 0 Å². The fourth-order valence-electron chi connectivity index (χ4n) is 0.152. The van der Waals surface area contributed by atoms with E-state index in [0.717, 1.165) is 7.11 Å². The van der Waals surface area contributed by atoms with Gasteiger partial charge in [-0.25, -0.2) is 4.79 Å². The van der Waals surface area contributed by atoms with E-state index in [2.05, 4.69) is 15.0 Å². The summed E-state index contributed by atoms with van der Waals surface area (Å²) in [7, 11) is 1.15. The molecule has 0 aromatic carbocycles. The maximum absolute atomic E-state index is 10.1. The molecule has 0 unspecified atom stereocenters. The van der Waals surface area contributed by atoms with Gasteiger partial charge in [0.2, 0.25) is 0 Å². The number of ether oxygens (including phenoxy) is 1. The van der Waals surface area contributed by atoms with Crippen LogP contribution in [0.5, 0.6) is 0 Å². The normalized spacial score (nSPS) is 9.56. The summed E-state index contributed by atoms with van der Waals surface area (Å²) in [4.78, 5) is 20.1. The first-order valence-corrected chi connectivity index (χ1v) is 2.17. The molecule has 0 bridgehead atoms. The van der Waals surface area contributed by atoms with E-state index in [4.69, 9.17) is 0 Å². The molecule has 0 aromatic rings. The van der Waals surface area contributed by atoms with Gasteiger partial charge in [0.1, 0.15) is 0 Å². The third-order valence-corrected chi connectivity index (χ3v) is 0.447. The summed E-state index contributed by atoms with van der Waals surface area (Å²) in [5, 5.41) is 5.76. The van der Waals surface area contributed by atoms with Crippen molar-refractivity contribution in [3.63, 3.8) is 0 Å². The Morgan fingerprint density at radius 1 is 1.33 bits per heavy atom. The maximum atomic E-state index is 10.1. The number of carbonyl (C=O) groups is 2. The van der Waals surface area contributed by atoms with Gasteiger partial charge >= 0.3 is 6.09 Å². The standard InChI is InChI=1S/C4H6N2O3/c1-3(7)5-6-4(8)9-2/h1-2H3. The summed E-state index contributed by atoms with van der Waals surface area (Å²) < 4.78 is 4.05. The highest BCUT2D eigenvalue weighted by atomic mass is 16.5. The molecule has 9 heavy (non-hydrogen) atoms. The number of methoxy groups -OCH3 is 1. The fraction of sp³-hybridized carbons (Fsp3) is 0.500. The Kier molecular flexibility index (Phi) is 3.19. The first kappa shape index (κ1) is 7.74. The van der Waals surface area contributed by atoms with Crippen LogP contribution >= 0.6 is 0 Å². The van der Waals surface area contributed by atoms with E-state index in [9.17, 15) is 9.59 Å². The van der Waals surface area contributed by atoms with Gasteiger partial charge in [0.25, 0.3) is 5.91 Å². The Morgan fingerprint density at radius 3 is 2.22 bits per heavy atom. The summed E-state index contributed by atoms with van der Waals surface area (Å²) in [5.41, 5.74) is 0. The predicted octanol–water partition coefficient (Wildman–Crippen LogP) is 0.752. The lowest BCUT2D eigenvalue weighted by atomic mass is 10.8. The summed E-state index contributed by atoms with van der Waals surface area (Å²) in [6, 6.07) is 0. The van der Waals surface area contributed by atoms with E-state index in [1.54, 1.807) is 0 Å². The smallest absolute Gasteiger partial charge is 0.450 e. The van der Waals surface area contributed by atoms with E-state index >= 15 is 0 Å². The fourth-order valence-corrected chi connectivity index (χ4v) is 0.152. The summed E-state index contributed by atoms with van der Waals surface area (Å²) in [5.74, 6) is -0.527. The third-order valence-electron chi connectivity index (χ3n) is 0.447. The minimum absolute atomic E-state index is 0.527. The molecule has 0 spiro atoms. The van der Waals surface area contributed by atoms with Crippen LogP contribution in [0.4, 0.5) is 4.79 Å². The Morgan fingerprint density at radius 2 is 1.89 bits per heavy atom. The van der Waals surface area contributed by atoms with Crippen LogP contribution in [0.2, 0.25) is 0 Å². The lowest BCUT2D eigenvalue weighted by Gasteiger charge is -1.83. The van der Waals surface area contributed by atoms with Crippen molar-refractivity contribution in [1.82, 2.24) is 0 Å². The maximum Gasteiger partial charge on any atom is 0.452 e. The molecule has 0 fully saturated rings. The first-order chi connectivity index (χ1) is 4.16. The third kappa shape index (κ3) is 4.60. The molecule has 0 aromatic heterocycles. The lowest BCUT2D eigenvalue weighted by Crippen LogP contribution is -1.91. The van der Waals surface area contributed by atoms with Crippen LogP contribution in [0.15, 0.2) is 10.2 Å². The van der Waals surface area contributed by atoms with Crippen molar-refractivity contribution >= 4 is 12.0 Å². The second-order valence-electron chi connectivity index (χ2n) is 1.19. The topological polar surface area (TPSA) is 68.1 Å². The van der Waals surface area contributed by atoms with Crippen molar-refractivity contribution < 1.29 is 14.3 Å². The highest BCUT2D eigenvalue weighted by molar-refractivity contribution is 5.76. The van der Waals surface area contributed by atoms with Crippen LogP contribution in [-0.4, -0.2) is 19.1 Å². The van der Waals surface area contributed by atoms with Crippen LogP contribution in [0.3, 0.4) is 0 Å². The van der Waals surface area contributed by atoms with Crippen molar-refractivity contribution in [2.24, 2.45) is 10.2 Å². The molecule has 50 valence electrons. The van der Waals surface area contributed by atoms with Crippen molar-refractivity contribution in [2.75, 3.05) is 7.11 Å². The number of hydrogen-bond donors (Lipinski definition) is 0. The monoisotopic (exact) mass is 130 g/mol. The van der Waals surface area contributed by atoms with Crippen LogP contribution in [0.25, 0.3) is 0 Å². The van der Waals surface area contributed by atoms with Gasteiger partial charge in [-0.3, -0.25) is 4.79 Å². The van der Waals surface area contributed by atoms with E-state index < -0.39 is 12.0 Å². The molecule has 0 rings (SSSR count). The second kappa shape index (κ2) is 3.71. The second-order valence-corrected chi connectivity index (χ2v) is 1.19. The average molecular weight is 130 g/mol. The predicted molar refractivity (Wildman–Crippen MR) is 27.9 cm³/mol. The summed E-state index contributed by atoms with van der Waals surface area (Å²) in [6.45, 7) is 1.19. The molecule has 5 nitrogen and oxygen atoms in total. The van der Waals surface area contributed by atoms with Gasteiger partial charge in [0, 0.05) is 6.92 Å².